The summed E-state index contributed by atoms with van der Waals surface area (Å²) < 4.78 is 10.0. The van der Waals surface area contributed by atoms with Crippen molar-refractivity contribution >= 4 is 34.9 Å². The Balaban J connectivity index is 1.13. The van der Waals surface area contributed by atoms with Crippen LogP contribution in [0.1, 0.15) is 92.2 Å². The van der Waals surface area contributed by atoms with E-state index in [1.807, 2.05) is 6.20 Å². The van der Waals surface area contributed by atoms with Gasteiger partial charge in [-0.05, 0) is 118 Å². The van der Waals surface area contributed by atoms with Gasteiger partial charge in [-0.15, -0.1) is 11.3 Å². The van der Waals surface area contributed by atoms with Crippen molar-refractivity contribution in [1.29, 1.82) is 0 Å². The number of amides is 3. The number of carbonyl (C=O) groups is 3. The molecule has 0 saturated heterocycles. The number of aromatic nitrogens is 1. The number of ether oxygens (including phenoxy) is 2. The van der Waals surface area contributed by atoms with Gasteiger partial charge in [-0.1, -0.05) is 24.3 Å². The van der Waals surface area contributed by atoms with E-state index in [0.717, 1.165) is 60.4 Å². The largest absolute Gasteiger partial charge is 0.496 e. The van der Waals surface area contributed by atoms with E-state index in [4.69, 9.17) is 9.72 Å². The molecule has 10 heteroatoms. The number of benzene rings is 2. The maximum atomic E-state index is 14.4. The van der Waals surface area contributed by atoms with Crippen LogP contribution in [0.3, 0.4) is 0 Å². The molecule has 2 aromatic carbocycles. The lowest BCUT2D eigenvalue weighted by Crippen LogP contribution is -2.46. The van der Waals surface area contributed by atoms with E-state index >= 15 is 0 Å². The molecule has 3 fully saturated rings. The molecule has 9 nitrogen and oxygen atoms in total. The Hall–Kier alpha value is -3.92. The van der Waals surface area contributed by atoms with Crippen molar-refractivity contribution in [3.8, 4) is 16.2 Å². The fourth-order valence-electron chi connectivity index (χ4n) is 7.39. The first-order chi connectivity index (χ1) is 23.3. The van der Waals surface area contributed by atoms with E-state index in [1.165, 1.54) is 36.1 Å². The highest BCUT2D eigenvalue weighted by Gasteiger charge is 2.33. The second-order valence-corrected chi connectivity index (χ2v) is 14.8. The zero-order valence-corrected chi connectivity index (χ0v) is 29.2. The second kappa shape index (κ2) is 15.5. The smallest absolute Gasteiger partial charge is 0.407 e. The fraction of sp³-hybridized carbons (Fsp3) is 0.526. The zero-order valence-electron chi connectivity index (χ0n) is 28.3. The van der Waals surface area contributed by atoms with Crippen LogP contribution >= 0.6 is 11.3 Å². The maximum absolute atomic E-state index is 14.4. The highest BCUT2D eigenvalue weighted by atomic mass is 32.1. The second-order valence-electron chi connectivity index (χ2n) is 13.7. The average Bonchev–Trinajstić information content (AvgIpc) is 3.85. The Labute approximate surface area is 287 Å². The predicted molar refractivity (Wildman–Crippen MR) is 189 cm³/mol. The minimum atomic E-state index is -0.633. The minimum Gasteiger partial charge on any atom is -0.496 e. The molecule has 3 amide bonds. The molecule has 256 valence electrons. The fourth-order valence-corrected chi connectivity index (χ4v) is 8.47. The van der Waals surface area contributed by atoms with E-state index in [1.54, 1.807) is 18.4 Å². The summed E-state index contributed by atoms with van der Waals surface area (Å²) in [7, 11) is 2.99. The van der Waals surface area contributed by atoms with Crippen LogP contribution in [0.5, 0.6) is 5.75 Å². The van der Waals surface area contributed by atoms with Crippen molar-refractivity contribution < 1.29 is 23.9 Å². The molecule has 3 aliphatic rings. The van der Waals surface area contributed by atoms with Gasteiger partial charge in [0.05, 0.1) is 24.1 Å². The lowest BCUT2D eigenvalue weighted by Gasteiger charge is -2.36. The number of rotatable bonds is 11. The summed E-state index contributed by atoms with van der Waals surface area (Å²) >= 11 is 1.77. The topological polar surface area (TPSA) is 110 Å². The van der Waals surface area contributed by atoms with Crippen molar-refractivity contribution in [3.63, 3.8) is 0 Å². The summed E-state index contributed by atoms with van der Waals surface area (Å²) in [6, 6.07) is 15.0. The summed E-state index contributed by atoms with van der Waals surface area (Å²) in [4.78, 5) is 46.0. The van der Waals surface area contributed by atoms with Gasteiger partial charge in [0, 0.05) is 36.3 Å². The van der Waals surface area contributed by atoms with Crippen molar-refractivity contribution in [2.45, 2.75) is 89.0 Å². The molecule has 1 heterocycles. The Morgan fingerprint density at radius 3 is 2.35 bits per heavy atom. The van der Waals surface area contributed by atoms with Gasteiger partial charge >= 0.3 is 6.09 Å². The molecular weight excluding hydrogens is 625 g/mol. The van der Waals surface area contributed by atoms with E-state index in [0.29, 0.717) is 37.1 Å². The Morgan fingerprint density at radius 2 is 1.67 bits per heavy atom. The third kappa shape index (κ3) is 8.38. The summed E-state index contributed by atoms with van der Waals surface area (Å²) in [6.07, 6.45) is 11.1. The van der Waals surface area contributed by atoms with Crippen LogP contribution < -0.4 is 20.3 Å². The predicted octanol–water partition coefficient (Wildman–Crippen LogP) is 7.34. The number of carbonyl (C=O) groups excluding carboxylic acids is 3. The molecule has 0 atom stereocenters. The Bertz CT molecular complexity index is 1590. The molecule has 0 unspecified atom stereocenters. The highest BCUT2D eigenvalue weighted by molar-refractivity contribution is 7.15. The quantitative estimate of drug-likeness (QED) is 0.221. The molecule has 3 aromatic rings. The van der Waals surface area contributed by atoms with Crippen LogP contribution in [-0.2, 0) is 14.3 Å². The third-order valence-corrected chi connectivity index (χ3v) is 11.6. The lowest BCUT2D eigenvalue weighted by molar-refractivity contribution is -0.123. The van der Waals surface area contributed by atoms with E-state index in [9.17, 15) is 14.4 Å². The maximum Gasteiger partial charge on any atom is 0.407 e. The van der Waals surface area contributed by atoms with Gasteiger partial charge in [0.25, 0.3) is 0 Å². The van der Waals surface area contributed by atoms with Crippen LogP contribution in [0.25, 0.3) is 10.4 Å². The molecule has 3 aliphatic carbocycles. The lowest BCUT2D eigenvalue weighted by atomic mass is 9.78. The van der Waals surface area contributed by atoms with Crippen molar-refractivity contribution in [2.75, 3.05) is 32.2 Å². The summed E-state index contributed by atoms with van der Waals surface area (Å²) in [5, 5.41) is 6.65. The van der Waals surface area contributed by atoms with Gasteiger partial charge in [-0.3, -0.25) is 9.59 Å². The molecule has 3 saturated carbocycles. The number of hydrogen-bond acceptors (Lipinski definition) is 7. The Kier molecular flexibility index (Phi) is 11.0. The van der Waals surface area contributed by atoms with Crippen LogP contribution in [0.15, 0.2) is 48.7 Å². The molecular formula is C38H48N4O5S. The molecule has 0 bridgehead atoms. The summed E-state index contributed by atoms with van der Waals surface area (Å²) in [6.45, 7) is 2.69. The summed E-state index contributed by atoms with van der Waals surface area (Å²) in [5.41, 5.74) is 4.62. The number of thiazole rings is 1. The standard InChI is InChI=1S/C38H48N4O5S/c1-24-19-29(15-18-33(24)46-2)26-9-7-25(8-10-26)23-42(32-6-4-5-30(20-32)34-21-39-36(48-34)27-11-12-27)37(44)28-13-16-31(17-14-28)41-35(43)22-40-38(45)47-3/h4-6,15,18-21,25-28,31H,7-14,16-17,22-23H2,1-3H3,(H,40,45)(H,41,43). The number of methoxy groups -OCH3 is 2. The van der Waals surface area contributed by atoms with Crippen molar-refractivity contribution in [2.24, 2.45) is 11.8 Å². The van der Waals surface area contributed by atoms with Gasteiger partial charge < -0.3 is 25.0 Å². The van der Waals surface area contributed by atoms with Crippen LogP contribution in [0, 0.1) is 18.8 Å². The van der Waals surface area contributed by atoms with E-state index < -0.39 is 6.09 Å². The molecule has 6 rings (SSSR count). The van der Waals surface area contributed by atoms with Gasteiger partial charge in [-0.2, -0.15) is 0 Å². The highest BCUT2D eigenvalue weighted by Crippen LogP contribution is 2.44. The Morgan fingerprint density at radius 1 is 0.917 bits per heavy atom. The van der Waals surface area contributed by atoms with Crippen LogP contribution in [0.4, 0.5) is 10.5 Å². The molecule has 0 spiro atoms. The number of nitrogens with zero attached hydrogens (tertiary/aromatic N) is 2. The first-order valence-electron chi connectivity index (χ1n) is 17.4. The molecule has 0 aliphatic heterocycles. The SMILES string of the molecule is COC(=O)NCC(=O)NC1CCC(C(=O)N(CC2CCC(c3ccc(OC)c(C)c3)CC2)c2cccc(-c3cnc(C4CC4)s3)c2)CC1. The van der Waals surface area contributed by atoms with Crippen LogP contribution in [0.2, 0.25) is 0 Å². The first kappa shape index (κ1) is 34.0. The average molecular weight is 673 g/mol. The van der Waals surface area contributed by atoms with E-state index in [-0.39, 0.29) is 30.3 Å². The number of hydrogen-bond donors (Lipinski definition) is 2. The first-order valence-corrected chi connectivity index (χ1v) is 18.3. The third-order valence-electron chi connectivity index (χ3n) is 10.4. The number of anilines is 1. The van der Waals surface area contributed by atoms with Crippen molar-refractivity contribution in [1.82, 2.24) is 15.6 Å². The van der Waals surface area contributed by atoms with Crippen molar-refractivity contribution in [3.05, 3.63) is 64.8 Å². The number of alkyl carbamates (subject to hydrolysis) is 1. The number of aryl methyl sites for hydroxylation is 1. The van der Waals surface area contributed by atoms with Gasteiger partial charge in [-0.25, -0.2) is 9.78 Å². The molecule has 0 radical (unpaired) electrons. The number of nitrogens with one attached hydrogen (secondary N) is 2. The normalized spacial score (nSPS) is 22.4. The molecule has 2 N–H and O–H groups in total. The van der Waals surface area contributed by atoms with Gasteiger partial charge in [0.2, 0.25) is 11.8 Å². The van der Waals surface area contributed by atoms with Crippen LogP contribution in [-0.4, -0.2) is 56.2 Å². The minimum absolute atomic E-state index is 0.0124. The van der Waals surface area contributed by atoms with E-state index in [2.05, 4.69) is 69.7 Å². The zero-order chi connectivity index (χ0) is 33.6. The molecule has 1 aromatic heterocycles. The molecule has 48 heavy (non-hydrogen) atoms. The monoisotopic (exact) mass is 672 g/mol. The van der Waals surface area contributed by atoms with Gasteiger partial charge in [0.15, 0.2) is 0 Å². The van der Waals surface area contributed by atoms with Gasteiger partial charge in [0.1, 0.15) is 12.3 Å². The summed E-state index contributed by atoms with van der Waals surface area (Å²) in [5.74, 6) is 2.33.